The molecule has 0 heterocycles. The molecule has 0 atom stereocenters. The van der Waals surface area contributed by atoms with Crippen LogP contribution in [0.5, 0.6) is 0 Å². The fourth-order valence-electron chi connectivity index (χ4n) is 0.535. The van der Waals surface area contributed by atoms with E-state index in [1.165, 1.54) is 0 Å². The van der Waals surface area contributed by atoms with Crippen LogP contribution in [0, 0.1) is 0 Å². The molecule has 9 heteroatoms. The van der Waals surface area contributed by atoms with Gasteiger partial charge in [0.25, 0.3) is 0 Å². The number of rotatable bonds is 6. The Bertz CT molecular complexity index is 147. The maximum atomic E-state index is 11.3. The standard InChI is InChI=1S/C6H8F6O3/c7-5(8,9)14-3-1-13-2-4-15-6(10,11)12/h1-4H2. The summed E-state index contributed by atoms with van der Waals surface area (Å²) in [7, 11) is 0. The average molecular weight is 242 g/mol. The van der Waals surface area contributed by atoms with Gasteiger partial charge in [-0.25, -0.2) is 0 Å². The van der Waals surface area contributed by atoms with Gasteiger partial charge in [0.2, 0.25) is 0 Å². The molecule has 0 radical (unpaired) electrons. The Kier molecular flexibility index (Phi) is 5.91. The summed E-state index contributed by atoms with van der Waals surface area (Å²) in [6, 6.07) is 0. The van der Waals surface area contributed by atoms with E-state index in [0.717, 1.165) is 0 Å². The lowest BCUT2D eigenvalue weighted by Crippen LogP contribution is -2.20. The summed E-state index contributed by atoms with van der Waals surface area (Å²) >= 11 is 0. The molecule has 0 aromatic heterocycles. The second-order valence-corrected chi connectivity index (χ2v) is 2.20. The van der Waals surface area contributed by atoms with Crippen molar-refractivity contribution in [3.05, 3.63) is 0 Å². The number of hydrogen-bond donors (Lipinski definition) is 0. The minimum absolute atomic E-state index is 0.458. The van der Waals surface area contributed by atoms with Crippen LogP contribution in [0.4, 0.5) is 26.3 Å². The van der Waals surface area contributed by atoms with Crippen LogP contribution >= 0.6 is 0 Å². The quantitative estimate of drug-likeness (QED) is 0.527. The van der Waals surface area contributed by atoms with E-state index in [0.29, 0.717) is 0 Å². The van der Waals surface area contributed by atoms with Gasteiger partial charge in [0.1, 0.15) is 0 Å². The number of alkyl halides is 6. The van der Waals surface area contributed by atoms with Gasteiger partial charge in [-0.15, -0.1) is 26.3 Å². The molecule has 92 valence electrons. The van der Waals surface area contributed by atoms with Crippen molar-refractivity contribution in [3.63, 3.8) is 0 Å². The zero-order chi connectivity index (χ0) is 11.9. The monoisotopic (exact) mass is 242 g/mol. The topological polar surface area (TPSA) is 27.7 Å². The van der Waals surface area contributed by atoms with E-state index in [1.54, 1.807) is 0 Å². The number of halogens is 6. The van der Waals surface area contributed by atoms with E-state index in [1.807, 2.05) is 0 Å². The minimum atomic E-state index is -4.76. The lowest BCUT2D eigenvalue weighted by molar-refractivity contribution is -0.331. The molecule has 0 fully saturated rings. The normalized spacial score (nSPS) is 13.2. The predicted octanol–water partition coefficient (Wildman–Crippen LogP) is 2.08. The van der Waals surface area contributed by atoms with Crippen LogP contribution in [-0.2, 0) is 14.2 Å². The van der Waals surface area contributed by atoms with Crippen molar-refractivity contribution in [3.8, 4) is 0 Å². The van der Waals surface area contributed by atoms with Crippen molar-refractivity contribution >= 4 is 0 Å². The lowest BCUT2D eigenvalue weighted by atomic mass is 10.7. The molecule has 0 aliphatic carbocycles. The van der Waals surface area contributed by atoms with Crippen molar-refractivity contribution in [2.45, 2.75) is 12.7 Å². The van der Waals surface area contributed by atoms with Crippen LogP contribution in [0.15, 0.2) is 0 Å². The van der Waals surface area contributed by atoms with E-state index in [4.69, 9.17) is 0 Å². The molecular formula is C6H8F6O3. The number of hydrogen-bond acceptors (Lipinski definition) is 3. The summed E-state index contributed by atoms with van der Waals surface area (Å²) in [4.78, 5) is 0. The van der Waals surface area contributed by atoms with Crippen LogP contribution in [0.3, 0.4) is 0 Å². The van der Waals surface area contributed by atoms with Crippen LogP contribution in [0.25, 0.3) is 0 Å². The van der Waals surface area contributed by atoms with Crippen molar-refractivity contribution < 1.29 is 40.6 Å². The average Bonchev–Trinajstić information content (AvgIpc) is 1.98. The van der Waals surface area contributed by atoms with E-state index in [-0.39, 0.29) is 0 Å². The molecule has 0 N–H and O–H groups in total. The first kappa shape index (κ1) is 14.5. The van der Waals surface area contributed by atoms with Crippen molar-refractivity contribution in [1.29, 1.82) is 0 Å². The molecule has 0 amide bonds. The van der Waals surface area contributed by atoms with Crippen LogP contribution in [0.2, 0.25) is 0 Å². The predicted molar refractivity (Wildman–Crippen MR) is 34.8 cm³/mol. The summed E-state index contributed by atoms with van der Waals surface area (Å²) in [5.74, 6) is 0. The number of ether oxygens (including phenoxy) is 3. The zero-order valence-corrected chi connectivity index (χ0v) is 7.32. The molecule has 0 saturated carbocycles. The first-order chi connectivity index (χ1) is 6.71. The molecule has 0 spiro atoms. The Hall–Kier alpha value is -0.540. The highest BCUT2D eigenvalue weighted by atomic mass is 19.4. The summed E-state index contributed by atoms with van der Waals surface area (Å²) in [6.07, 6.45) is -9.52. The summed E-state index contributed by atoms with van der Waals surface area (Å²) < 4.78 is 79.0. The lowest BCUT2D eigenvalue weighted by Gasteiger charge is -2.09. The smallest absolute Gasteiger partial charge is 0.377 e. The summed E-state index contributed by atoms with van der Waals surface area (Å²) in [6.45, 7) is -2.45. The second kappa shape index (κ2) is 6.13. The summed E-state index contributed by atoms with van der Waals surface area (Å²) in [5, 5.41) is 0. The largest absolute Gasteiger partial charge is 0.522 e. The minimum Gasteiger partial charge on any atom is -0.377 e. The summed E-state index contributed by atoms with van der Waals surface area (Å²) in [5.41, 5.74) is 0. The Morgan fingerprint density at radius 1 is 0.600 bits per heavy atom. The van der Waals surface area contributed by atoms with Gasteiger partial charge < -0.3 is 4.74 Å². The molecule has 15 heavy (non-hydrogen) atoms. The van der Waals surface area contributed by atoms with Gasteiger partial charge in [0, 0.05) is 0 Å². The highest BCUT2D eigenvalue weighted by Crippen LogP contribution is 2.16. The van der Waals surface area contributed by atoms with Crippen LogP contribution < -0.4 is 0 Å². The van der Waals surface area contributed by atoms with Gasteiger partial charge in [-0.05, 0) is 0 Å². The van der Waals surface area contributed by atoms with E-state index in [2.05, 4.69) is 14.2 Å². The van der Waals surface area contributed by atoms with Crippen LogP contribution in [-0.4, -0.2) is 39.2 Å². The Labute approximate surface area is 80.9 Å². The fraction of sp³-hybridized carbons (Fsp3) is 1.00. The maximum absolute atomic E-state index is 11.3. The van der Waals surface area contributed by atoms with Crippen molar-refractivity contribution in [2.75, 3.05) is 26.4 Å². The molecule has 0 unspecified atom stereocenters. The molecular weight excluding hydrogens is 234 g/mol. The van der Waals surface area contributed by atoms with Crippen molar-refractivity contribution in [2.24, 2.45) is 0 Å². The van der Waals surface area contributed by atoms with Gasteiger partial charge in [0.15, 0.2) is 0 Å². The molecule has 0 aliphatic heterocycles. The fourth-order valence-corrected chi connectivity index (χ4v) is 0.535. The van der Waals surface area contributed by atoms with Gasteiger partial charge >= 0.3 is 12.7 Å². The molecule has 0 aromatic rings. The third-order valence-electron chi connectivity index (χ3n) is 0.987. The molecule has 0 rings (SSSR count). The third-order valence-corrected chi connectivity index (χ3v) is 0.987. The van der Waals surface area contributed by atoms with E-state index < -0.39 is 39.2 Å². The molecule has 0 aromatic carbocycles. The Morgan fingerprint density at radius 2 is 0.933 bits per heavy atom. The van der Waals surface area contributed by atoms with E-state index in [9.17, 15) is 26.3 Å². The molecule has 0 bridgehead atoms. The first-order valence-electron chi connectivity index (χ1n) is 3.70. The second-order valence-electron chi connectivity index (χ2n) is 2.20. The Morgan fingerprint density at radius 3 is 1.20 bits per heavy atom. The zero-order valence-electron chi connectivity index (χ0n) is 7.32. The SMILES string of the molecule is FC(F)(F)OCCOCCOC(F)(F)F. The first-order valence-corrected chi connectivity index (χ1v) is 3.70. The van der Waals surface area contributed by atoms with Gasteiger partial charge in [-0.1, -0.05) is 0 Å². The molecule has 3 nitrogen and oxygen atoms in total. The maximum Gasteiger partial charge on any atom is 0.522 e. The van der Waals surface area contributed by atoms with Gasteiger partial charge in [0.05, 0.1) is 26.4 Å². The van der Waals surface area contributed by atoms with Gasteiger partial charge in [-0.2, -0.15) is 0 Å². The Balaban J connectivity index is 3.20. The van der Waals surface area contributed by atoms with Crippen LogP contribution in [0.1, 0.15) is 0 Å². The van der Waals surface area contributed by atoms with Crippen molar-refractivity contribution in [1.82, 2.24) is 0 Å². The highest BCUT2D eigenvalue weighted by molar-refractivity contribution is 4.35. The molecule has 0 aliphatic rings. The molecule has 0 saturated heterocycles. The highest BCUT2D eigenvalue weighted by Gasteiger charge is 2.29. The third kappa shape index (κ3) is 13.5. The van der Waals surface area contributed by atoms with E-state index >= 15 is 0 Å². The van der Waals surface area contributed by atoms with Gasteiger partial charge in [-0.3, -0.25) is 9.47 Å².